The van der Waals surface area contributed by atoms with Gasteiger partial charge >= 0.3 is 0 Å². The number of hydrogen-bond donors (Lipinski definition) is 2. The van der Waals surface area contributed by atoms with Crippen LogP contribution >= 0.6 is 11.8 Å². The third-order valence-electron chi connectivity index (χ3n) is 2.65. The number of benzene rings is 1. The molecule has 0 saturated heterocycles. The molecule has 0 aliphatic heterocycles. The van der Waals surface area contributed by atoms with Gasteiger partial charge in [-0.2, -0.15) is 0 Å². The van der Waals surface area contributed by atoms with Gasteiger partial charge in [0.2, 0.25) is 0 Å². The van der Waals surface area contributed by atoms with Crippen molar-refractivity contribution in [3.05, 3.63) is 36.2 Å². The van der Waals surface area contributed by atoms with E-state index in [0.717, 1.165) is 33.5 Å². The van der Waals surface area contributed by atoms with E-state index in [1.54, 1.807) is 6.07 Å². The topological polar surface area (TPSA) is 80.5 Å². The van der Waals surface area contributed by atoms with Crippen LogP contribution in [0.25, 0.3) is 11.0 Å². The lowest BCUT2D eigenvalue weighted by Gasteiger charge is -2.01. The van der Waals surface area contributed by atoms with Gasteiger partial charge in [0, 0.05) is 12.5 Å². The second-order valence-electron chi connectivity index (χ2n) is 4.06. The average Bonchev–Trinajstić information content (AvgIpc) is 2.80. The van der Waals surface area contributed by atoms with Gasteiger partial charge in [-0.1, -0.05) is 19.1 Å². The summed E-state index contributed by atoms with van der Waals surface area (Å²) in [6.07, 6.45) is 0.763. The molecule has 19 heavy (non-hydrogen) atoms. The Morgan fingerprint density at radius 2 is 2.05 bits per heavy atom. The number of rotatable bonds is 3. The smallest absolute Gasteiger partial charge is 0.172 e. The number of nitrogens with zero attached hydrogens (tertiary/aromatic N) is 3. The number of aromatic nitrogens is 4. The monoisotopic (exact) mass is 271 g/mol. The van der Waals surface area contributed by atoms with Crippen LogP contribution in [0, 0.1) is 0 Å². The maximum atomic E-state index is 5.77. The van der Waals surface area contributed by atoms with E-state index < -0.39 is 0 Å². The standard InChI is InChI=1S/C13H13N5S/c1-2-11-17-10(14)7-12(18-11)19-13-15-8-5-3-4-6-9(8)16-13/h3-7H,2H2,1H3,(H,15,16)(H2,14,17,18). The van der Waals surface area contributed by atoms with Crippen LogP contribution in [0.1, 0.15) is 12.7 Å². The first-order valence-corrected chi connectivity index (χ1v) is 6.82. The molecule has 3 N–H and O–H groups in total. The van der Waals surface area contributed by atoms with Gasteiger partial charge in [-0.25, -0.2) is 15.0 Å². The summed E-state index contributed by atoms with van der Waals surface area (Å²) >= 11 is 1.46. The summed E-state index contributed by atoms with van der Waals surface area (Å²) in [4.78, 5) is 16.3. The van der Waals surface area contributed by atoms with E-state index in [0.29, 0.717) is 5.82 Å². The Kier molecular flexibility index (Phi) is 3.08. The van der Waals surface area contributed by atoms with Crippen LogP contribution in [0.4, 0.5) is 5.82 Å². The minimum atomic E-state index is 0.491. The summed E-state index contributed by atoms with van der Waals surface area (Å²) in [6, 6.07) is 9.68. The maximum absolute atomic E-state index is 5.77. The Hall–Kier alpha value is -2.08. The zero-order chi connectivity index (χ0) is 13.2. The van der Waals surface area contributed by atoms with Crippen molar-refractivity contribution in [2.24, 2.45) is 0 Å². The molecule has 0 aliphatic rings. The number of anilines is 1. The number of nitrogens with two attached hydrogens (primary N) is 1. The van der Waals surface area contributed by atoms with Crippen molar-refractivity contribution in [3.8, 4) is 0 Å². The molecule has 1 aromatic carbocycles. The van der Waals surface area contributed by atoms with Crippen LogP contribution in [0.3, 0.4) is 0 Å². The van der Waals surface area contributed by atoms with E-state index in [4.69, 9.17) is 5.73 Å². The molecule has 0 unspecified atom stereocenters. The minimum Gasteiger partial charge on any atom is -0.384 e. The van der Waals surface area contributed by atoms with Gasteiger partial charge in [0.15, 0.2) is 5.16 Å². The van der Waals surface area contributed by atoms with Gasteiger partial charge in [0.1, 0.15) is 16.7 Å². The van der Waals surface area contributed by atoms with Crippen molar-refractivity contribution < 1.29 is 0 Å². The number of aryl methyl sites for hydroxylation is 1. The van der Waals surface area contributed by atoms with Crippen LogP contribution in [-0.4, -0.2) is 19.9 Å². The maximum Gasteiger partial charge on any atom is 0.172 e. The predicted molar refractivity (Wildman–Crippen MR) is 76.0 cm³/mol. The average molecular weight is 271 g/mol. The Bertz CT molecular complexity index is 689. The van der Waals surface area contributed by atoms with Crippen LogP contribution in [0.15, 0.2) is 40.5 Å². The van der Waals surface area contributed by atoms with E-state index in [2.05, 4.69) is 19.9 Å². The number of para-hydroxylation sites is 2. The Morgan fingerprint density at radius 1 is 1.21 bits per heavy atom. The van der Waals surface area contributed by atoms with Crippen LogP contribution in [0.2, 0.25) is 0 Å². The zero-order valence-corrected chi connectivity index (χ0v) is 11.2. The summed E-state index contributed by atoms with van der Waals surface area (Å²) < 4.78 is 0. The van der Waals surface area contributed by atoms with Gasteiger partial charge in [0.05, 0.1) is 11.0 Å². The van der Waals surface area contributed by atoms with E-state index in [-0.39, 0.29) is 0 Å². The molecular formula is C13H13N5S. The minimum absolute atomic E-state index is 0.491. The second kappa shape index (κ2) is 4.89. The molecule has 0 aliphatic carbocycles. The first kappa shape index (κ1) is 12.0. The van der Waals surface area contributed by atoms with Crippen LogP contribution < -0.4 is 5.73 Å². The third kappa shape index (κ3) is 2.53. The summed E-state index contributed by atoms with van der Waals surface area (Å²) in [5, 5.41) is 1.62. The number of fused-ring (bicyclic) bond motifs is 1. The van der Waals surface area contributed by atoms with Gasteiger partial charge in [-0.05, 0) is 23.9 Å². The first-order chi connectivity index (χ1) is 9.24. The van der Waals surface area contributed by atoms with Crippen LogP contribution in [-0.2, 0) is 6.42 Å². The molecule has 0 spiro atoms. The summed E-state index contributed by atoms with van der Waals surface area (Å²) in [5.41, 5.74) is 7.73. The molecule has 3 aromatic rings. The van der Waals surface area contributed by atoms with Crippen molar-refractivity contribution in [1.82, 2.24) is 19.9 Å². The Morgan fingerprint density at radius 3 is 2.84 bits per heavy atom. The second-order valence-corrected chi connectivity index (χ2v) is 5.07. The molecule has 5 nitrogen and oxygen atoms in total. The van der Waals surface area contributed by atoms with Gasteiger partial charge in [0.25, 0.3) is 0 Å². The molecule has 0 saturated carbocycles. The van der Waals surface area contributed by atoms with E-state index in [1.807, 2.05) is 31.2 Å². The number of imidazole rings is 1. The van der Waals surface area contributed by atoms with E-state index in [1.165, 1.54) is 11.8 Å². The quantitative estimate of drug-likeness (QED) is 0.716. The predicted octanol–water partition coefficient (Wildman–Crippen LogP) is 2.65. The van der Waals surface area contributed by atoms with E-state index in [9.17, 15) is 0 Å². The molecular weight excluding hydrogens is 258 g/mol. The molecule has 0 atom stereocenters. The van der Waals surface area contributed by atoms with Gasteiger partial charge in [-0.3, -0.25) is 0 Å². The number of aromatic amines is 1. The third-order valence-corrected chi connectivity index (χ3v) is 3.46. The number of nitrogen functional groups attached to an aromatic ring is 1. The number of nitrogens with one attached hydrogen (secondary N) is 1. The lowest BCUT2D eigenvalue weighted by Crippen LogP contribution is -1.99. The Balaban J connectivity index is 1.94. The SMILES string of the molecule is CCc1nc(N)cc(Sc2nc3ccccc3[nH]2)n1. The molecule has 2 heterocycles. The molecule has 6 heteroatoms. The highest BCUT2D eigenvalue weighted by Crippen LogP contribution is 2.26. The van der Waals surface area contributed by atoms with Crippen molar-refractivity contribution in [1.29, 1.82) is 0 Å². The summed E-state index contributed by atoms with van der Waals surface area (Å²) in [5.74, 6) is 1.24. The molecule has 2 aromatic heterocycles. The molecule has 3 rings (SSSR count). The highest BCUT2D eigenvalue weighted by molar-refractivity contribution is 7.99. The Labute approximate surface area is 114 Å². The van der Waals surface area contributed by atoms with Crippen molar-refractivity contribution in [2.45, 2.75) is 23.5 Å². The first-order valence-electron chi connectivity index (χ1n) is 6.00. The molecule has 0 fully saturated rings. The van der Waals surface area contributed by atoms with Crippen molar-refractivity contribution in [3.63, 3.8) is 0 Å². The lowest BCUT2D eigenvalue weighted by molar-refractivity contribution is 0.892. The van der Waals surface area contributed by atoms with Gasteiger partial charge < -0.3 is 10.7 Å². The molecule has 96 valence electrons. The number of hydrogen-bond acceptors (Lipinski definition) is 5. The highest BCUT2D eigenvalue weighted by Gasteiger charge is 2.07. The fraction of sp³-hybridized carbons (Fsp3) is 0.154. The van der Waals surface area contributed by atoms with E-state index >= 15 is 0 Å². The lowest BCUT2D eigenvalue weighted by atomic mass is 10.3. The molecule has 0 bridgehead atoms. The fourth-order valence-corrected chi connectivity index (χ4v) is 2.61. The molecule has 0 amide bonds. The van der Waals surface area contributed by atoms with Crippen molar-refractivity contribution in [2.75, 3.05) is 5.73 Å². The normalized spacial score (nSPS) is 11.0. The molecule has 0 radical (unpaired) electrons. The summed E-state index contributed by atoms with van der Waals surface area (Å²) in [7, 11) is 0. The van der Waals surface area contributed by atoms with Gasteiger partial charge in [-0.15, -0.1) is 0 Å². The largest absolute Gasteiger partial charge is 0.384 e. The van der Waals surface area contributed by atoms with Crippen molar-refractivity contribution >= 4 is 28.6 Å². The number of H-pyrrole nitrogens is 1. The highest BCUT2D eigenvalue weighted by atomic mass is 32.2. The van der Waals surface area contributed by atoms with Crippen LogP contribution in [0.5, 0.6) is 0 Å². The zero-order valence-electron chi connectivity index (χ0n) is 10.4. The fourth-order valence-electron chi connectivity index (χ4n) is 1.78. The summed E-state index contributed by atoms with van der Waals surface area (Å²) in [6.45, 7) is 2.00.